The summed E-state index contributed by atoms with van der Waals surface area (Å²) in [5.74, 6) is 1.65. The molecule has 2 aliphatic rings. The predicted octanol–water partition coefficient (Wildman–Crippen LogP) is -1.23. The molecule has 4 N–H and O–H groups in total. The highest BCUT2D eigenvalue weighted by Crippen LogP contribution is 2.22. The highest BCUT2D eigenvalue weighted by Gasteiger charge is 2.29. The third-order valence-corrected chi connectivity index (χ3v) is 8.78. The standard InChI is InChI=1S/C18H26BN8O6S2/c20-34(28,29)15-1-5-26(6-2-15)17-22-9-13(10-23-17)32-19-33-14-11-24-18(25-12-14)27-7-3-16(4-8-27)35(21,30)31/h9-12,15-16H,1-8H2,(H2,20,28,29)(H2,21,30,31). The Labute approximate surface area is 204 Å². The van der Waals surface area contributed by atoms with E-state index in [0.717, 1.165) is 7.69 Å². The van der Waals surface area contributed by atoms with Crippen molar-refractivity contribution in [2.75, 3.05) is 36.0 Å². The molecule has 0 unspecified atom stereocenters. The van der Waals surface area contributed by atoms with Crippen LogP contribution in [0.4, 0.5) is 11.9 Å². The van der Waals surface area contributed by atoms with Crippen LogP contribution in [0.5, 0.6) is 11.5 Å². The number of sulfonamides is 2. The normalized spacial score (nSPS) is 18.3. The average Bonchev–Trinajstić information content (AvgIpc) is 2.84. The van der Waals surface area contributed by atoms with Gasteiger partial charge in [-0.15, -0.1) is 0 Å². The molecule has 0 saturated carbocycles. The van der Waals surface area contributed by atoms with Gasteiger partial charge in [-0.1, -0.05) is 0 Å². The van der Waals surface area contributed by atoms with E-state index in [1.165, 1.54) is 24.8 Å². The number of rotatable bonds is 8. The van der Waals surface area contributed by atoms with Gasteiger partial charge in [0.1, 0.15) is 11.5 Å². The van der Waals surface area contributed by atoms with Gasteiger partial charge in [-0.2, -0.15) is 0 Å². The van der Waals surface area contributed by atoms with Crippen LogP contribution in [0.15, 0.2) is 24.8 Å². The second-order valence-corrected chi connectivity index (χ2v) is 12.0. The summed E-state index contributed by atoms with van der Waals surface area (Å²) >= 11 is 0. The van der Waals surface area contributed by atoms with Crippen LogP contribution in [0.25, 0.3) is 0 Å². The van der Waals surface area contributed by atoms with Gasteiger partial charge >= 0.3 is 7.69 Å². The largest absolute Gasteiger partial charge is 0.658 e. The second kappa shape index (κ2) is 10.5. The van der Waals surface area contributed by atoms with E-state index in [1.807, 2.05) is 9.80 Å². The summed E-state index contributed by atoms with van der Waals surface area (Å²) in [4.78, 5) is 20.8. The highest BCUT2D eigenvalue weighted by atomic mass is 32.2. The lowest BCUT2D eigenvalue weighted by Gasteiger charge is -2.30. The third kappa shape index (κ3) is 6.68. The monoisotopic (exact) mass is 525 g/mol. The molecule has 17 heteroatoms. The first-order chi connectivity index (χ1) is 16.6. The fourth-order valence-electron chi connectivity index (χ4n) is 3.97. The molecule has 2 fully saturated rings. The zero-order chi connectivity index (χ0) is 25.1. The highest BCUT2D eigenvalue weighted by molar-refractivity contribution is 7.90. The van der Waals surface area contributed by atoms with Crippen molar-refractivity contribution in [3.05, 3.63) is 24.8 Å². The van der Waals surface area contributed by atoms with Gasteiger partial charge in [0.2, 0.25) is 31.9 Å². The van der Waals surface area contributed by atoms with Crippen molar-refractivity contribution in [1.82, 2.24) is 19.9 Å². The Bertz CT molecular complexity index is 1110. The summed E-state index contributed by atoms with van der Waals surface area (Å²) in [5.41, 5.74) is 0. The zero-order valence-corrected chi connectivity index (χ0v) is 20.4. The van der Waals surface area contributed by atoms with Gasteiger partial charge in [0.15, 0.2) is 0 Å². The van der Waals surface area contributed by atoms with Gasteiger partial charge in [0, 0.05) is 26.2 Å². The number of hydrogen-bond acceptors (Lipinski definition) is 12. The quantitative estimate of drug-likeness (QED) is 0.390. The molecule has 35 heavy (non-hydrogen) atoms. The van der Waals surface area contributed by atoms with Crippen molar-refractivity contribution in [3.63, 3.8) is 0 Å². The lowest BCUT2D eigenvalue weighted by molar-refractivity contribution is 0.453. The van der Waals surface area contributed by atoms with Crippen LogP contribution in [0, 0.1) is 0 Å². The fourth-order valence-corrected chi connectivity index (χ4v) is 5.71. The number of hydrogen-bond donors (Lipinski definition) is 2. The van der Waals surface area contributed by atoms with E-state index in [4.69, 9.17) is 19.6 Å². The first-order valence-electron chi connectivity index (χ1n) is 10.9. The maximum absolute atomic E-state index is 11.5. The summed E-state index contributed by atoms with van der Waals surface area (Å²) in [6.45, 7) is 1.99. The molecular formula is C18H26BN8O6S2. The minimum absolute atomic E-state index is 0.350. The van der Waals surface area contributed by atoms with E-state index in [1.54, 1.807) is 0 Å². The molecule has 0 amide bonds. The van der Waals surface area contributed by atoms with E-state index in [0.29, 0.717) is 75.3 Å². The van der Waals surface area contributed by atoms with Crippen molar-refractivity contribution >= 4 is 39.6 Å². The van der Waals surface area contributed by atoms with Crippen molar-refractivity contribution in [1.29, 1.82) is 0 Å². The molecule has 4 rings (SSSR count). The molecule has 2 aliphatic heterocycles. The maximum atomic E-state index is 11.5. The summed E-state index contributed by atoms with van der Waals surface area (Å²) < 4.78 is 56.7. The van der Waals surface area contributed by atoms with Gasteiger partial charge in [0.25, 0.3) is 0 Å². The van der Waals surface area contributed by atoms with E-state index in [2.05, 4.69) is 19.9 Å². The first-order valence-corrected chi connectivity index (χ1v) is 14.1. The number of anilines is 2. The van der Waals surface area contributed by atoms with Crippen molar-refractivity contribution in [3.8, 4) is 11.5 Å². The van der Waals surface area contributed by atoms with Gasteiger partial charge in [-0.25, -0.2) is 47.0 Å². The van der Waals surface area contributed by atoms with Crippen LogP contribution in [-0.2, 0) is 20.0 Å². The van der Waals surface area contributed by atoms with E-state index >= 15 is 0 Å². The van der Waals surface area contributed by atoms with Crippen LogP contribution in [0.2, 0.25) is 0 Å². The number of piperidine rings is 2. The lowest BCUT2D eigenvalue weighted by atomic mass is 10.1. The summed E-state index contributed by atoms with van der Waals surface area (Å²) in [6.07, 6.45) is 7.65. The molecule has 0 spiro atoms. The second-order valence-electron chi connectivity index (χ2n) is 8.32. The van der Waals surface area contributed by atoms with Crippen molar-refractivity contribution < 1.29 is 26.1 Å². The minimum Gasteiger partial charge on any atom is -0.524 e. The van der Waals surface area contributed by atoms with Gasteiger partial charge in [-0.05, 0) is 25.7 Å². The van der Waals surface area contributed by atoms with Crippen LogP contribution in [0.3, 0.4) is 0 Å². The van der Waals surface area contributed by atoms with Crippen LogP contribution in [-0.4, -0.2) is 81.1 Å². The topological polar surface area (TPSA) is 197 Å². The SMILES string of the molecule is NS(=O)(=O)C1CCN(c2ncc(O[B]Oc3cnc(N4CCC(S(N)(=O)=O)CC4)nc3)cn2)CC1. The molecule has 0 aromatic carbocycles. The van der Waals surface area contributed by atoms with E-state index < -0.39 is 30.5 Å². The fraction of sp³-hybridized carbons (Fsp3) is 0.556. The number of nitrogens with zero attached hydrogens (tertiary/aromatic N) is 6. The molecule has 1 radical (unpaired) electrons. The Balaban J connectivity index is 1.21. The Morgan fingerprint density at radius 1 is 0.686 bits per heavy atom. The molecule has 0 atom stereocenters. The third-order valence-electron chi connectivity index (χ3n) is 5.98. The van der Waals surface area contributed by atoms with Gasteiger partial charge < -0.3 is 19.1 Å². The van der Waals surface area contributed by atoms with Gasteiger partial charge in [0.05, 0.1) is 35.3 Å². The first kappa shape index (κ1) is 25.3. The number of aromatic nitrogens is 4. The molecule has 2 aromatic heterocycles. The van der Waals surface area contributed by atoms with Crippen LogP contribution in [0.1, 0.15) is 25.7 Å². The maximum Gasteiger partial charge on any atom is 0.658 e. The van der Waals surface area contributed by atoms with Crippen LogP contribution < -0.4 is 29.4 Å². The lowest BCUT2D eigenvalue weighted by Crippen LogP contribution is -2.42. The molecule has 0 aliphatic carbocycles. The Morgan fingerprint density at radius 3 is 1.29 bits per heavy atom. The molecule has 0 bridgehead atoms. The molecule has 4 heterocycles. The Morgan fingerprint density at radius 2 is 1.00 bits per heavy atom. The molecule has 2 aromatic rings. The van der Waals surface area contributed by atoms with Gasteiger partial charge in [-0.3, -0.25) is 0 Å². The Hall–Kier alpha value is -2.76. The van der Waals surface area contributed by atoms with E-state index in [9.17, 15) is 16.8 Å². The number of primary sulfonamides is 2. The molecule has 189 valence electrons. The Kier molecular flexibility index (Phi) is 7.58. The predicted molar refractivity (Wildman–Crippen MR) is 128 cm³/mol. The van der Waals surface area contributed by atoms with Crippen molar-refractivity contribution in [2.45, 2.75) is 36.2 Å². The molecule has 14 nitrogen and oxygen atoms in total. The number of nitrogens with two attached hydrogens (primary N) is 2. The summed E-state index contributed by atoms with van der Waals surface area (Å²) in [5, 5.41) is 9.37. The summed E-state index contributed by atoms with van der Waals surface area (Å²) in [6, 6.07) is 0. The molecule has 2 saturated heterocycles. The van der Waals surface area contributed by atoms with E-state index in [-0.39, 0.29) is 0 Å². The smallest absolute Gasteiger partial charge is 0.524 e. The van der Waals surface area contributed by atoms with Crippen LogP contribution >= 0.6 is 0 Å². The molecular weight excluding hydrogens is 499 g/mol. The summed E-state index contributed by atoms with van der Waals surface area (Å²) in [7, 11) is -5.95. The van der Waals surface area contributed by atoms with Crippen molar-refractivity contribution in [2.24, 2.45) is 10.3 Å². The average molecular weight is 525 g/mol. The zero-order valence-electron chi connectivity index (χ0n) is 18.8. The minimum atomic E-state index is -3.53.